The predicted molar refractivity (Wildman–Crippen MR) is 119 cm³/mol. The summed E-state index contributed by atoms with van der Waals surface area (Å²) in [6, 6.07) is 10.1. The molecule has 1 amide bonds. The molecule has 0 fully saturated rings. The number of ether oxygens (including phenoxy) is 3. The maximum Gasteiger partial charge on any atom is 0.223 e. The van der Waals surface area contributed by atoms with Gasteiger partial charge in [-0.3, -0.25) is 4.79 Å². The van der Waals surface area contributed by atoms with E-state index in [0.717, 1.165) is 47.5 Å². The van der Waals surface area contributed by atoms with Crippen LogP contribution in [0.2, 0.25) is 0 Å². The molecule has 0 aliphatic carbocycles. The van der Waals surface area contributed by atoms with Gasteiger partial charge >= 0.3 is 0 Å². The first-order valence-electron chi connectivity index (χ1n) is 10.7. The van der Waals surface area contributed by atoms with Gasteiger partial charge < -0.3 is 19.1 Å². The Morgan fingerprint density at radius 3 is 2.33 bits per heavy atom. The lowest BCUT2D eigenvalue weighted by molar-refractivity contribution is -0.135. The zero-order valence-corrected chi connectivity index (χ0v) is 18.8. The van der Waals surface area contributed by atoms with Crippen LogP contribution in [0.5, 0.6) is 17.2 Å². The van der Waals surface area contributed by atoms with Crippen molar-refractivity contribution in [2.45, 2.75) is 52.5 Å². The van der Waals surface area contributed by atoms with E-state index >= 15 is 0 Å². The molecule has 3 rings (SSSR count). The molecule has 1 unspecified atom stereocenters. The van der Waals surface area contributed by atoms with Crippen LogP contribution in [0.25, 0.3) is 0 Å². The smallest absolute Gasteiger partial charge is 0.223 e. The number of hydrogen-bond acceptors (Lipinski definition) is 4. The van der Waals surface area contributed by atoms with Crippen LogP contribution in [0.15, 0.2) is 30.3 Å². The molecule has 30 heavy (non-hydrogen) atoms. The molecule has 1 aliphatic rings. The first kappa shape index (κ1) is 22.0. The lowest BCUT2D eigenvalue weighted by Gasteiger charge is -2.37. The van der Waals surface area contributed by atoms with E-state index in [1.165, 1.54) is 5.56 Å². The summed E-state index contributed by atoms with van der Waals surface area (Å²) in [6.07, 6.45) is 3.27. The minimum absolute atomic E-state index is 0.154. The molecule has 5 nitrogen and oxygen atoms in total. The fraction of sp³-hybridized carbons (Fsp3) is 0.480. The summed E-state index contributed by atoms with van der Waals surface area (Å²) in [4.78, 5) is 15.0. The lowest BCUT2D eigenvalue weighted by atomic mass is 9.91. The van der Waals surface area contributed by atoms with E-state index in [0.29, 0.717) is 25.3 Å². The van der Waals surface area contributed by atoms with E-state index in [9.17, 15) is 4.79 Å². The van der Waals surface area contributed by atoms with E-state index in [4.69, 9.17) is 14.2 Å². The Labute approximate surface area is 179 Å². The maximum atomic E-state index is 13.0. The van der Waals surface area contributed by atoms with E-state index in [1.54, 1.807) is 14.2 Å². The largest absolute Gasteiger partial charge is 0.493 e. The highest BCUT2D eigenvalue weighted by atomic mass is 16.5. The Kier molecular flexibility index (Phi) is 7.24. The number of carbonyl (C=O) groups is 1. The van der Waals surface area contributed by atoms with Crippen molar-refractivity contribution in [2.75, 3.05) is 27.4 Å². The van der Waals surface area contributed by atoms with Gasteiger partial charge in [-0.1, -0.05) is 19.4 Å². The van der Waals surface area contributed by atoms with E-state index < -0.39 is 0 Å². The summed E-state index contributed by atoms with van der Waals surface area (Å²) < 4.78 is 17.2. The van der Waals surface area contributed by atoms with Crippen molar-refractivity contribution in [3.63, 3.8) is 0 Å². The van der Waals surface area contributed by atoms with Crippen LogP contribution in [0.3, 0.4) is 0 Å². The minimum Gasteiger partial charge on any atom is -0.493 e. The molecular formula is C25H33NO4. The van der Waals surface area contributed by atoms with Crippen molar-refractivity contribution in [2.24, 2.45) is 0 Å². The van der Waals surface area contributed by atoms with Crippen LogP contribution in [-0.2, 0) is 11.2 Å². The number of benzene rings is 2. The maximum absolute atomic E-state index is 13.0. The zero-order valence-electron chi connectivity index (χ0n) is 18.8. The second kappa shape index (κ2) is 9.88. The van der Waals surface area contributed by atoms with Gasteiger partial charge in [0.2, 0.25) is 5.91 Å². The first-order chi connectivity index (χ1) is 14.5. The number of methoxy groups -OCH3 is 2. The van der Waals surface area contributed by atoms with Crippen molar-refractivity contribution >= 4 is 5.91 Å². The predicted octanol–water partition coefficient (Wildman–Crippen LogP) is 5.02. The lowest BCUT2D eigenvalue weighted by Crippen LogP contribution is -2.42. The second-order valence-corrected chi connectivity index (χ2v) is 8.00. The zero-order chi connectivity index (χ0) is 21.7. The molecule has 1 heterocycles. The molecule has 0 spiro atoms. The van der Waals surface area contributed by atoms with Crippen LogP contribution in [0, 0.1) is 13.8 Å². The van der Waals surface area contributed by atoms with Gasteiger partial charge in [0.05, 0.1) is 20.3 Å². The van der Waals surface area contributed by atoms with Gasteiger partial charge in [-0.2, -0.15) is 0 Å². The summed E-state index contributed by atoms with van der Waals surface area (Å²) in [6.45, 7) is 7.33. The molecule has 0 saturated heterocycles. The Balaban J connectivity index is 1.93. The average molecular weight is 412 g/mol. The SMILES string of the molecule is CCCCC(=O)N1CCc2cc(OC)c(OC)cc2C1COc1cc(C)cc(C)c1. The number of unbranched alkanes of at least 4 members (excludes halogenated alkanes) is 1. The van der Waals surface area contributed by atoms with Gasteiger partial charge in [-0.15, -0.1) is 0 Å². The van der Waals surface area contributed by atoms with E-state index in [2.05, 4.69) is 26.8 Å². The molecule has 162 valence electrons. The molecule has 0 aromatic heterocycles. The van der Waals surface area contributed by atoms with Gasteiger partial charge in [0.1, 0.15) is 12.4 Å². The topological polar surface area (TPSA) is 48.0 Å². The third kappa shape index (κ3) is 4.89. The van der Waals surface area contributed by atoms with Crippen molar-refractivity contribution in [1.82, 2.24) is 4.90 Å². The molecule has 2 aromatic carbocycles. The fourth-order valence-corrected chi connectivity index (χ4v) is 4.17. The van der Waals surface area contributed by atoms with Crippen LogP contribution >= 0.6 is 0 Å². The summed E-state index contributed by atoms with van der Waals surface area (Å²) in [5.41, 5.74) is 4.59. The van der Waals surface area contributed by atoms with Crippen molar-refractivity contribution < 1.29 is 19.0 Å². The Hall–Kier alpha value is -2.69. The highest BCUT2D eigenvalue weighted by molar-refractivity contribution is 5.77. The summed E-state index contributed by atoms with van der Waals surface area (Å²) in [5.74, 6) is 2.42. The van der Waals surface area contributed by atoms with Crippen molar-refractivity contribution in [3.05, 3.63) is 52.6 Å². The highest BCUT2D eigenvalue weighted by Crippen LogP contribution is 2.38. The molecule has 1 atom stereocenters. The third-order valence-electron chi connectivity index (χ3n) is 5.67. The summed E-state index contributed by atoms with van der Waals surface area (Å²) in [7, 11) is 3.28. The Bertz CT molecular complexity index is 873. The molecule has 0 bridgehead atoms. The number of aryl methyl sites for hydroxylation is 2. The molecule has 5 heteroatoms. The van der Waals surface area contributed by atoms with Gasteiger partial charge in [0, 0.05) is 13.0 Å². The molecule has 2 aromatic rings. The average Bonchev–Trinajstić information content (AvgIpc) is 2.73. The number of nitrogens with zero attached hydrogens (tertiary/aromatic N) is 1. The summed E-state index contributed by atoms with van der Waals surface area (Å²) in [5, 5.41) is 0. The van der Waals surface area contributed by atoms with E-state index in [-0.39, 0.29) is 11.9 Å². The summed E-state index contributed by atoms with van der Waals surface area (Å²) >= 11 is 0. The Morgan fingerprint density at radius 2 is 1.70 bits per heavy atom. The number of fused-ring (bicyclic) bond motifs is 1. The molecule has 0 radical (unpaired) electrons. The monoisotopic (exact) mass is 411 g/mol. The third-order valence-corrected chi connectivity index (χ3v) is 5.67. The number of carbonyl (C=O) groups excluding carboxylic acids is 1. The number of hydrogen-bond donors (Lipinski definition) is 0. The molecule has 1 aliphatic heterocycles. The number of rotatable bonds is 8. The first-order valence-corrected chi connectivity index (χ1v) is 10.7. The van der Waals surface area contributed by atoms with E-state index in [1.807, 2.05) is 29.2 Å². The van der Waals surface area contributed by atoms with Gasteiger partial charge in [0.15, 0.2) is 11.5 Å². The van der Waals surface area contributed by atoms with Crippen molar-refractivity contribution in [1.29, 1.82) is 0 Å². The normalized spacial score (nSPS) is 15.5. The molecule has 0 N–H and O–H groups in total. The minimum atomic E-state index is -0.154. The molecule has 0 saturated carbocycles. The quantitative estimate of drug-likeness (QED) is 0.612. The van der Waals surface area contributed by atoms with Crippen LogP contribution in [0.1, 0.15) is 54.5 Å². The van der Waals surface area contributed by atoms with Crippen LogP contribution in [-0.4, -0.2) is 38.2 Å². The number of amides is 1. The van der Waals surface area contributed by atoms with Crippen LogP contribution < -0.4 is 14.2 Å². The highest BCUT2D eigenvalue weighted by Gasteiger charge is 2.32. The van der Waals surface area contributed by atoms with Gasteiger partial charge in [-0.25, -0.2) is 0 Å². The Morgan fingerprint density at radius 1 is 1.03 bits per heavy atom. The standard InChI is InChI=1S/C25H33NO4/c1-6-7-8-25(27)26-10-9-19-14-23(28-4)24(29-5)15-21(19)22(26)16-30-20-12-17(2)11-18(3)13-20/h11-15,22H,6-10,16H2,1-5H3. The fourth-order valence-electron chi connectivity index (χ4n) is 4.17. The van der Waals surface area contributed by atoms with Gasteiger partial charge in [0.25, 0.3) is 0 Å². The van der Waals surface area contributed by atoms with Crippen molar-refractivity contribution in [3.8, 4) is 17.2 Å². The van der Waals surface area contributed by atoms with Gasteiger partial charge in [-0.05, 0) is 73.2 Å². The molecular weight excluding hydrogens is 378 g/mol. The van der Waals surface area contributed by atoms with Crippen LogP contribution in [0.4, 0.5) is 0 Å². The second-order valence-electron chi connectivity index (χ2n) is 8.00.